The number of benzene rings is 1. The molecule has 0 radical (unpaired) electrons. The number of fused-ring (bicyclic) bond motifs is 1. The Labute approximate surface area is 174 Å². The third kappa shape index (κ3) is 3.60. The van der Waals surface area contributed by atoms with Crippen LogP contribution in [0.4, 0.5) is 5.82 Å². The van der Waals surface area contributed by atoms with E-state index in [1.165, 1.54) is 12.8 Å². The van der Waals surface area contributed by atoms with Crippen molar-refractivity contribution < 1.29 is 9.53 Å². The number of aromatic nitrogens is 5. The quantitative estimate of drug-likeness (QED) is 0.650. The molecule has 30 heavy (non-hydrogen) atoms. The van der Waals surface area contributed by atoms with Gasteiger partial charge in [-0.3, -0.25) is 4.79 Å². The SMILES string of the molecule is Cc1cccc(C(=O)N2CCO[C@@H](Cn3nnc4c(N5CCCC5)ncnc43)C2)c1. The monoisotopic (exact) mass is 407 g/mol. The van der Waals surface area contributed by atoms with Crippen LogP contribution in [0, 0.1) is 6.92 Å². The molecule has 9 nitrogen and oxygen atoms in total. The number of aryl methyl sites for hydroxylation is 1. The first-order valence-electron chi connectivity index (χ1n) is 10.5. The Hall–Kier alpha value is -3.07. The lowest BCUT2D eigenvalue weighted by atomic mass is 10.1. The van der Waals surface area contributed by atoms with E-state index in [1.807, 2.05) is 36.1 Å². The number of hydrogen-bond acceptors (Lipinski definition) is 7. The number of nitrogens with zero attached hydrogens (tertiary/aromatic N) is 7. The molecule has 4 heterocycles. The number of ether oxygens (including phenoxy) is 1. The summed E-state index contributed by atoms with van der Waals surface area (Å²) in [7, 11) is 0. The Kier molecular flexibility index (Phi) is 5.04. The van der Waals surface area contributed by atoms with E-state index in [-0.39, 0.29) is 12.0 Å². The number of anilines is 1. The van der Waals surface area contributed by atoms with Crippen molar-refractivity contribution in [3.05, 3.63) is 41.7 Å². The van der Waals surface area contributed by atoms with Crippen molar-refractivity contribution in [2.75, 3.05) is 37.7 Å². The summed E-state index contributed by atoms with van der Waals surface area (Å²) in [5.74, 6) is 0.888. The Morgan fingerprint density at radius 2 is 2.07 bits per heavy atom. The van der Waals surface area contributed by atoms with E-state index in [0.717, 1.165) is 30.0 Å². The molecule has 0 aliphatic carbocycles. The first-order valence-corrected chi connectivity index (χ1v) is 10.5. The third-order valence-electron chi connectivity index (χ3n) is 5.75. The summed E-state index contributed by atoms with van der Waals surface area (Å²) >= 11 is 0. The van der Waals surface area contributed by atoms with Gasteiger partial charge in [0.1, 0.15) is 6.33 Å². The van der Waals surface area contributed by atoms with Gasteiger partial charge in [-0.25, -0.2) is 14.6 Å². The molecular weight excluding hydrogens is 382 g/mol. The van der Waals surface area contributed by atoms with Gasteiger partial charge in [-0.15, -0.1) is 5.10 Å². The molecule has 2 aliphatic heterocycles. The molecule has 2 aromatic heterocycles. The van der Waals surface area contributed by atoms with Crippen molar-refractivity contribution in [2.24, 2.45) is 0 Å². The van der Waals surface area contributed by atoms with Crippen molar-refractivity contribution in [2.45, 2.75) is 32.4 Å². The van der Waals surface area contributed by atoms with Gasteiger partial charge in [-0.05, 0) is 31.9 Å². The van der Waals surface area contributed by atoms with Crippen LogP contribution < -0.4 is 4.90 Å². The Morgan fingerprint density at radius 3 is 2.90 bits per heavy atom. The molecule has 0 N–H and O–H groups in total. The molecule has 1 amide bonds. The fraction of sp³-hybridized carbons (Fsp3) is 0.476. The smallest absolute Gasteiger partial charge is 0.254 e. The van der Waals surface area contributed by atoms with Gasteiger partial charge >= 0.3 is 0 Å². The van der Waals surface area contributed by atoms with Gasteiger partial charge in [0.2, 0.25) is 0 Å². The molecule has 2 fully saturated rings. The van der Waals surface area contributed by atoms with Crippen LogP contribution in [0.25, 0.3) is 11.2 Å². The molecule has 0 spiro atoms. The standard InChI is InChI=1S/C21H25N7O2/c1-15-5-4-6-16(11-15)21(29)27-9-10-30-17(12-27)13-28-20-18(24-25-28)19(22-14-23-20)26-7-2-3-8-26/h4-6,11,14,17H,2-3,7-10,12-13H2,1H3/t17-/m1/s1. The van der Waals surface area contributed by atoms with Crippen LogP contribution in [0.5, 0.6) is 0 Å². The number of rotatable bonds is 4. The topological polar surface area (TPSA) is 89.3 Å². The fourth-order valence-electron chi connectivity index (χ4n) is 4.23. The van der Waals surface area contributed by atoms with Crippen molar-refractivity contribution >= 4 is 22.9 Å². The average Bonchev–Trinajstić information content (AvgIpc) is 3.44. The third-order valence-corrected chi connectivity index (χ3v) is 5.75. The molecule has 5 rings (SSSR count). The fourth-order valence-corrected chi connectivity index (χ4v) is 4.23. The molecular formula is C21H25N7O2. The molecule has 0 unspecified atom stereocenters. The van der Waals surface area contributed by atoms with E-state index in [9.17, 15) is 4.79 Å². The zero-order chi connectivity index (χ0) is 20.5. The van der Waals surface area contributed by atoms with Gasteiger partial charge in [0.15, 0.2) is 17.0 Å². The molecule has 0 saturated carbocycles. The number of carbonyl (C=O) groups excluding carboxylic acids is 1. The Morgan fingerprint density at radius 1 is 1.20 bits per heavy atom. The van der Waals surface area contributed by atoms with E-state index in [1.54, 1.807) is 11.0 Å². The summed E-state index contributed by atoms with van der Waals surface area (Å²) in [6, 6.07) is 7.70. The normalized spacial score (nSPS) is 19.6. The predicted molar refractivity (Wildman–Crippen MR) is 111 cm³/mol. The molecule has 2 aliphatic rings. The van der Waals surface area contributed by atoms with Gasteiger partial charge in [-0.1, -0.05) is 22.9 Å². The highest BCUT2D eigenvalue weighted by atomic mass is 16.5. The van der Waals surface area contributed by atoms with E-state index in [4.69, 9.17) is 4.74 Å². The lowest BCUT2D eigenvalue weighted by Crippen LogP contribution is -2.47. The number of hydrogen-bond donors (Lipinski definition) is 0. The second-order valence-electron chi connectivity index (χ2n) is 7.95. The van der Waals surface area contributed by atoms with E-state index in [0.29, 0.717) is 37.5 Å². The largest absolute Gasteiger partial charge is 0.373 e. The summed E-state index contributed by atoms with van der Waals surface area (Å²) in [6.45, 7) is 6.06. The highest BCUT2D eigenvalue weighted by Gasteiger charge is 2.27. The minimum Gasteiger partial charge on any atom is -0.373 e. The van der Waals surface area contributed by atoms with Gasteiger partial charge in [-0.2, -0.15) is 0 Å². The highest BCUT2D eigenvalue weighted by Crippen LogP contribution is 2.24. The summed E-state index contributed by atoms with van der Waals surface area (Å²) in [5.41, 5.74) is 3.22. The van der Waals surface area contributed by atoms with Gasteiger partial charge in [0.25, 0.3) is 5.91 Å². The number of morpholine rings is 1. The van der Waals surface area contributed by atoms with Gasteiger partial charge in [0, 0.05) is 31.7 Å². The minimum absolute atomic E-state index is 0.0362. The maximum atomic E-state index is 12.9. The van der Waals surface area contributed by atoms with Crippen LogP contribution in [0.3, 0.4) is 0 Å². The Balaban J connectivity index is 1.33. The first-order chi connectivity index (χ1) is 14.7. The van der Waals surface area contributed by atoms with Crippen molar-refractivity contribution in [3.8, 4) is 0 Å². The first kappa shape index (κ1) is 18.9. The van der Waals surface area contributed by atoms with Crippen LogP contribution in [-0.4, -0.2) is 74.7 Å². The number of carbonyl (C=O) groups is 1. The average molecular weight is 407 g/mol. The number of amides is 1. The zero-order valence-corrected chi connectivity index (χ0v) is 17.1. The van der Waals surface area contributed by atoms with E-state index in [2.05, 4.69) is 25.2 Å². The van der Waals surface area contributed by atoms with Crippen LogP contribution in [0.1, 0.15) is 28.8 Å². The molecule has 9 heteroatoms. The van der Waals surface area contributed by atoms with E-state index < -0.39 is 0 Å². The molecule has 1 atom stereocenters. The summed E-state index contributed by atoms with van der Waals surface area (Å²) in [5, 5.41) is 8.67. The second-order valence-corrected chi connectivity index (χ2v) is 7.95. The van der Waals surface area contributed by atoms with Crippen LogP contribution in [0.2, 0.25) is 0 Å². The van der Waals surface area contributed by atoms with Crippen LogP contribution in [-0.2, 0) is 11.3 Å². The summed E-state index contributed by atoms with van der Waals surface area (Å²) in [6.07, 6.45) is 3.74. The predicted octanol–water partition coefficient (Wildman–Crippen LogP) is 1.67. The van der Waals surface area contributed by atoms with Crippen molar-refractivity contribution in [1.82, 2.24) is 29.9 Å². The molecule has 2 saturated heterocycles. The van der Waals surface area contributed by atoms with Crippen LogP contribution >= 0.6 is 0 Å². The second kappa shape index (κ2) is 7.98. The molecule has 1 aromatic carbocycles. The summed E-state index contributed by atoms with van der Waals surface area (Å²) < 4.78 is 7.70. The van der Waals surface area contributed by atoms with Gasteiger partial charge in [0.05, 0.1) is 19.3 Å². The molecule has 3 aromatic rings. The Bertz CT molecular complexity index is 1060. The highest BCUT2D eigenvalue weighted by molar-refractivity contribution is 5.94. The lowest BCUT2D eigenvalue weighted by molar-refractivity contribution is -0.0297. The maximum absolute atomic E-state index is 12.9. The molecule has 0 bridgehead atoms. The lowest BCUT2D eigenvalue weighted by Gasteiger charge is -2.33. The minimum atomic E-state index is -0.164. The molecule has 156 valence electrons. The van der Waals surface area contributed by atoms with Crippen LogP contribution in [0.15, 0.2) is 30.6 Å². The van der Waals surface area contributed by atoms with Crippen molar-refractivity contribution in [1.29, 1.82) is 0 Å². The van der Waals surface area contributed by atoms with E-state index >= 15 is 0 Å². The van der Waals surface area contributed by atoms with Gasteiger partial charge < -0.3 is 14.5 Å². The zero-order valence-electron chi connectivity index (χ0n) is 17.1. The van der Waals surface area contributed by atoms with Crippen molar-refractivity contribution in [3.63, 3.8) is 0 Å². The maximum Gasteiger partial charge on any atom is 0.254 e. The summed E-state index contributed by atoms with van der Waals surface area (Å²) in [4.78, 5) is 25.9.